The third-order valence-electron chi connectivity index (χ3n) is 3.85. The Morgan fingerprint density at radius 2 is 2.00 bits per heavy atom. The van der Waals surface area contributed by atoms with E-state index in [2.05, 4.69) is 24.1 Å². The standard InChI is InChI=1S/C17H28N2O2/c1-6-19(7-2)11-10-18-14(4)17(20)15-8-9-16(21-5)13(3)12-15/h8-9,12,14,18H,6-7,10-11H2,1-5H3. The van der Waals surface area contributed by atoms with Gasteiger partial charge in [0, 0.05) is 18.7 Å². The van der Waals surface area contributed by atoms with Crippen molar-refractivity contribution in [1.82, 2.24) is 10.2 Å². The van der Waals surface area contributed by atoms with E-state index in [0.717, 1.165) is 43.1 Å². The van der Waals surface area contributed by atoms with Gasteiger partial charge in [0.25, 0.3) is 0 Å². The number of ether oxygens (including phenoxy) is 1. The van der Waals surface area contributed by atoms with Crippen LogP contribution >= 0.6 is 0 Å². The van der Waals surface area contributed by atoms with Crippen molar-refractivity contribution in [2.75, 3.05) is 33.3 Å². The van der Waals surface area contributed by atoms with Crippen LogP contribution in [0.5, 0.6) is 5.75 Å². The van der Waals surface area contributed by atoms with Crippen molar-refractivity contribution in [2.45, 2.75) is 33.7 Å². The van der Waals surface area contributed by atoms with Crippen molar-refractivity contribution in [1.29, 1.82) is 0 Å². The van der Waals surface area contributed by atoms with Gasteiger partial charge in [-0.25, -0.2) is 0 Å². The van der Waals surface area contributed by atoms with Gasteiger partial charge in [-0.2, -0.15) is 0 Å². The summed E-state index contributed by atoms with van der Waals surface area (Å²) >= 11 is 0. The lowest BCUT2D eigenvalue weighted by Gasteiger charge is -2.20. The van der Waals surface area contributed by atoms with E-state index in [0.29, 0.717) is 0 Å². The Hall–Kier alpha value is -1.39. The number of carbonyl (C=O) groups excluding carboxylic acids is 1. The molecule has 1 aromatic carbocycles. The highest BCUT2D eigenvalue weighted by Gasteiger charge is 2.15. The minimum Gasteiger partial charge on any atom is -0.496 e. The summed E-state index contributed by atoms with van der Waals surface area (Å²) in [5.74, 6) is 0.939. The Balaban J connectivity index is 2.56. The van der Waals surface area contributed by atoms with Crippen LogP contribution in [0.25, 0.3) is 0 Å². The highest BCUT2D eigenvalue weighted by molar-refractivity contribution is 6.00. The summed E-state index contributed by atoms with van der Waals surface area (Å²) in [6.07, 6.45) is 0. The van der Waals surface area contributed by atoms with Crippen LogP contribution in [0.15, 0.2) is 18.2 Å². The molecule has 0 aliphatic rings. The minimum absolute atomic E-state index is 0.125. The van der Waals surface area contributed by atoms with Gasteiger partial charge in [-0.3, -0.25) is 4.79 Å². The lowest BCUT2D eigenvalue weighted by atomic mass is 10.0. The first kappa shape index (κ1) is 17.7. The molecular weight excluding hydrogens is 264 g/mol. The number of benzene rings is 1. The summed E-state index contributed by atoms with van der Waals surface area (Å²) in [7, 11) is 1.64. The molecule has 1 unspecified atom stereocenters. The maximum absolute atomic E-state index is 12.4. The molecule has 4 heteroatoms. The second-order valence-corrected chi connectivity index (χ2v) is 5.25. The zero-order valence-corrected chi connectivity index (χ0v) is 13.9. The number of hydrogen-bond donors (Lipinski definition) is 1. The van der Waals surface area contributed by atoms with Crippen molar-refractivity contribution in [3.8, 4) is 5.75 Å². The van der Waals surface area contributed by atoms with Crippen molar-refractivity contribution in [3.05, 3.63) is 29.3 Å². The fourth-order valence-corrected chi connectivity index (χ4v) is 2.35. The largest absolute Gasteiger partial charge is 0.496 e. The molecule has 0 heterocycles. The Morgan fingerprint density at radius 1 is 1.33 bits per heavy atom. The van der Waals surface area contributed by atoms with Crippen molar-refractivity contribution in [2.24, 2.45) is 0 Å². The first-order valence-corrected chi connectivity index (χ1v) is 7.68. The molecule has 118 valence electrons. The zero-order chi connectivity index (χ0) is 15.8. The highest BCUT2D eigenvalue weighted by Crippen LogP contribution is 2.19. The quantitative estimate of drug-likeness (QED) is 0.710. The Bertz CT molecular complexity index is 456. The first-order chi connectivity index (χ1) is 10.0. The number of methoxy groups -OCH3 is 1. The molecule has 1 N–H and O–H groups in total. The highest BCUT2D eigenvalue weighted by atomic mass is 16.5. The topological polar surface area (TPSA) is 41.6 Å². The molecule has 1 rings (SSSR count). The van der Waals surface area contributed by atoms with E-state index in [4.69, 9.17) is 4.74 Å². The second-order valence-electron chi connectivity index (χ2n) is 5.25. The smallest absolute Gasteiger partial charge is 0.179 e. The van der Waals surface area contributed by atoms with E-state index < -0.39 is 0 Å². The average molecular weight is 292 g/mol. The third-order valence-corrected chi connectivity index (χ3v) is 3.85. The predicted molar refractivity (Wildman–Crippen MR) is 87.3 cm³/mol. The van der Waals surface area contributed by atoms with Gasteiger partial charge in [0.15, 0.2) is 5.78 Å². The van der Waals surface area contributed by atoms with E-state index in [1.807, 2.05) is 32.0 Å². The molecule has 21 heavy (non-hydrogen) atoms. The Kier molecular flexibility index (Phi) is 7.40. The van der Waals surface area contributed by atoms with Crippen LogP contribution in [0.4, 0.5) is 0 Å². The number of nitrogens with one attached hydrogen (secondary N) is 1. The molecule has 1 atom stereocenters. The number of rotatable bonds is 9. The van der Waals surface area contributed by atoms with Gasteiger partial charge >= 0.3 is 0 Å². The molecule has 1 aromatic rings. The summed E-state index contributed by atoms with van der Waals surface area (Å²) in [6, 6.07) is 5.40. The fourth-order valence-electron chi connectivity index (χ4n) is 2.35. The van der Waals surface area contributed by atoms with E-state index in [-0.39, 0.29) is 11.8 Å². The van der Waals surface area contributed by atoms with E-state index in [1.165, 1.54) is 0 Å². The van der Waals surface area contributed by atoms with Crippen LogP contribution in [0.3, 0.4) is 0 Å². The second kappa shape index (κ2) is 8.80. The maximum atomic E-state index is 12.4. The molecule has 0 fully saturated rings. The summed E-state index contributed by atoms with van der Waals surface area (Å²) < 4.78 is 5.22. The molecule has 0 radical (unpaired) electrons. The predicted octanol–water partition coefficient (Wildman–Crippen LogP) is 2.51. The number of nitrogens with zero attached hydrogens (tertiary/aromatic N) is 1. The first-order valence-electron chi connectivity index (χ1n) is 7.68. The summed E-state index contributed by atoms with van der Waals surface area (Å²) in [6.45, 7) is 12.0. The van der Waals surface area contributed by atoms with Gasteiger partial charge in [-0.15, -0.1) is 0 Å². The fraction of sp³-hybridized carbons (Fsp3) is 0.588. The van der Waals surface area contributed by atoms with Gasteiger partial charge in [0.05, 0.1) is 13.2 Å². The lowest BCUT2D eigenvalue weighted by Crippen LogP contribution is -2.39. The molecule has 0 aromatic heterocycles. The van der Waals surface area contributed by atoms with Crippen molar-refractivity contribution < 1.29 is 9.53 Å². The summed E-state index contributed by atoms with van der Waals surface area (Å²) in [4.78, 5) is 14.7. The Morgan fingerprint density at radius 3 is 2.52 bits per heavy atom. The number of ketones is 1. The van der Waals surface area contributed by atoms with E-state index in [1.54, 1.807) is 7.11 Å². The van der Waals surface area contributed by atoms with Gasteiger partial charge < -0.3 is 15.0 Å². The van der Waals surface area contributed by atoms with Crippen LogP contribution in [0.1, 0.15) is 36.7 Å². The lowest BCUT2D eigenvalue weighted by molar-refractivity contribution is 0.0949. The number of aryl methyl sites for hydroxylation is 1. The van der Waals surface area contributed by atoms with Gasteiger partial charge in [-0.05, 0) is 50.7 Å². The van der Waals surface area contributed by atoms with Gasteiger partial charge in [0.2, 0.25) is 0 Å². The molecule has 0 spiro atoms. The van der Waals surface area contributed by atoms with Crippen LogP contribution in [0.2, 0.25) is 0 Å². The van der Waals surface area contributed by atoms with Gasteiger partial charge in [0.1, 0.15) is 5.75 Å². The number of hydrogen-bond acceptors (Lipinski definition) is 4. The molecule has 0 bridgehead atoms. The van der Waals surface area contributed by atoms with Crippen LogP contribution in [0, 0.1) is 6.92 Å². The molecule has 4 nitrogen and oxygen atoms in total. The van der Waals surface area contributed by atoms with Crippen molar-refractivity contribution >= 4 is 5.78 Å². The van der Waals surface area contributed by atoms with Crippen LogP contribution in [-0.2, 0) is 0 Å². The van der Waals surface area contributed by atoms with Gasteiger partial charge in [-0.1, -0.05) is 13.8 Å². The van der Waals surface area contributed by atoms with E-state index in [9.17, 15) is 4.79 Å². The maximum Gasteiger partial charge on any atom is 0.179 e. The number of Topliss-reactive ketones (excluding diaryl/α,β-unsaturated/α-hetero) is 1. The Labute approximate surface area is 128 Å². The summed E-state index contributed by atoms with van der Waals surface area (Å²) in [5.41, 5.74) is 1.72. The number of carbonyl (C=O) groups is 1. The zero-order valence-electron chi connectivity index (χ0n) is 13.9. The third kappa shape index (κ3) is 5.14. The molecule has 0 saturated carbocycles. The average Bonchev–Trinajstić information content (AvgIpc) is 2.50. The minimum atomic E-state index is -0.173. The number of likely N-dealkylation sites (N-methyl/N-ethyl adjacent to an activating group) is 1. The van der Waals surface area contributed by atoms with E-state index >= 15 is 0 Å². The van der Waals surface area contributed by atoms with Crippen LogP contribution in [-0.4, -0.2) is 50.0 Å². The molecule has 0 saturated heterocycles. The molecular formula is C17H28N2O2. The van der Waals surface area contributed by atoms with Crippen molar-refractivity contribution in [3.63, 3.8) is 0 Å². The molecule has 0 aliphatic heterocycles. The molecule has 0 aliphatic carbocycles. The molecule has 0 amide bonds. The normalized spacial score (nSPS) is 12.5. The SMILES string of the molecule is CCN(CC)CCNC(C)C(=O)c1ccc(OC)c(C)c1. The monoisotopic (exact) mass is 292 g/mol. The summed E-state index contributed by atoms with van der Waals surface area (Å²) in [5, 5.41) is 3.31. The van der Waals surface area contributed by atoms with Crippen LogP contribution < -0.4 is 10.1 Å².